The molecule has 0 aliphatic carbocycles. The monoisotopic (exact) mass is 451 g/mol. The summed E-state index contributed by atoms with van der Waals surface area (Å²) in [6, 6.07) is 8.64. The summed E-state index contributed by atoms with van der Waals surface area (Å²) in [6.45, 7) is 2.18. The van der Waals surface area contributed by atoms with Crippen LogP contribution < -0.4 is 14.4 Å². The third-order valence-electron chi connectivity index (χ3n) is 4.45. The number of likely N-dealkylation sites (N-methyl/N-ethyl adjacent to an activating group) is 1. The van der Waals surface area contributed by atoms with Gasteiger partial charge < -0.3 is 14.4 Å². The molecule has 2 aromatic carbocycles. The van der Waals surface area contributed by atoms with E-state index in [-0.39, 0.29) is 5.91 Å². The number of carbonyl (C=O) groups is 1. The Balaban J connectivity index is 1.73. The molecule has 0 bridgehead atoms. The second-order valence-corrected chi connectivity index (χ2v) is 8.70. The van der Waals surface area contributed by atoms with E-state index in [9.17, 15) is 4.79 Å². The summed E-state index contributed by atoms with van der Waals surface area (Å²) in [5.74, 6) is 1.16. The normalized spacial score (nSPS) is 13.1. The number of thiazole rings is 1. The minimum atomic E-state index is -0.218. The first kappa shape index (κ1) is 20.2. The summed E-state index contributed by atoms with van der Waals surface area (Å²) < 4.78 is 12.2. The van der Waals surface area contributed by atoms with Crippen LogP contribution in [0.4, 0.5) is 5.13 Å². The van der Waals surface area contributed by atoms with Crippen LogP contribution in [0.5, 0.6) is 11.5 Å². The van der Waals surface area contributed by atoms with Crippen LogP contribution in [0.15, 0.2) is 30.3 Å². The van der Waals surface area contributed by atoms with Crippen LogP contribution in [-0.4, -0.2) is 56.2 Å². The average Bonchev–Trinajstić information content (AvgIpc) is 3.08. The fourth-order valence-electron chi connectivity index (χ4n) is 2.96. The maximum atomic E-state index is 13.3. The smallest absolute Gasteiger partial charge is 0.261 e. The first-order valence-corrected chi connectivity index (χ1v) is 10.6. The molecule has 0 saturated heterocycles. The number of halogens is 2. The van der Waals surface area contributed by atoms with Gasteiger partial charge in [0.25, 0.3) is 5.91 Å². The summed E-state index contributed by atoms with van der Waals surface area (Å²) in [5.41, 5.74) is 1.15. The van der Waals surface area contributed by atoms with Crippen molar-refractivity contribution in [3.8, 4) is 11.5 Å². The van der Waals surface area contributed by atoms with Gasteiger partial charge in [0.1, 0.15) is 13.2 Å². The number of benzene rings is 2. The topological polar surface area (TPSA) is 54.9 Å². The third kappa shape index (κ3) is 4.28. The van der Waals surface area contributed by atoms with Crippen molar-refractivity contribution in [1.29, 1.82) is 0 Å². The average molecular weight is 452 g/mol. The van der Waals surface area contributed by atoms with Crippen LogP contribution in [0.25, 0.3) is 10.2 Å². The van der Waals surface area contributed by atoms with E-state index in [1.165, 1.54) is 11.3 Å². The Kier molecular flexibility index (Phi) is 5.83. The first-order valence-electron chi connectivity index (χ1n) is 9.04. The number of fused-ring (bicyclic) bond motifs is 2. The second kappa shape index (κ2) is 8.36. The van der Waals surface area contributed by atoms with E-state index in [4.69, 9.17) is 37.7 Å². The summed E-state index contributed by atoms with van der Waals surface area (Å²) in [6.07, 6.45) is 0. The lowest BCUT2D eigenvalue weighted by molar-refractivity contribution is 0.0985. The predicted molar refractivity (Wildman–Crippen MR) is 117 cm³/mol. The van der Waals surface area contributed by atoms with Gasteiger partial charge in [-0.3, -0.25) is 9.69 Å². The highest BCUT2D eigenvalue weighted by Gasteiger charge is 2.24. The molecule has 3 aromatic rings. The van der Waals surface area contributed by atoms with Gasteiger partial charge in [-0.25, -0.2) is 4.98 Å². The van der Waals surface area contributed by atoms with Crippen molar-refractivity contribution < 1.29 is 14.3 Å². The molecule has 4 rings (SSSR count). The van der Waals surface area contributed by atoms with Crippen molar-refractivity contribution in [2.45, 2.75) is 0 Å². The molecule has 1 amide bonds. The molecule has 1 aromatic heterocycles. The molecule has 0 N–H and O–H groups in total. The third-order valence-corrected chi connectivity index (χ3v) is 6.04. The summed E-state index contributed by atoms with van der Waals surface area (Å²) >= 11 is 13.7. The molecule has 1 aliphatic rings. The number of rotatable bonds is 5. The minimum Gasteiger partial charge on any atom is -0.486 e. The lowest BCUT2D eigenvalue weighted by Gasteiger charge is -2.22. The maximum absolute atomic E-state index is 13.3. The lowest BCUT2D eigenvalue weighted by atomic mass is 10.2. The Morgan fingerprint density at radius 2 is 1.83 bits per heavy atom. The van der Waals surface area contributed by atoms with Gasteiger partial charge in [-0.2, -0.15) is 0 Å². The van der Waals surface area contributed by atoms with Crippen molar-refractivity contribution in [2.75, 3.05) is 45.3 Å². The highest BCUT2D eigenvalue weighted by Crippen LogP contribution is 2.39. The molecule has 2 heterocycles. The van der Waals surface area contributed by atoms with Crippen molar-refractivity contribution in [2.24, 2.45) is 0 Å². The van der Waals surface area contributed by atoms with E-state index in [2.05, 4.69) is 0 Å². The molecule has 9 heteroatoms. The SMILES string of the molecule is CN(C)CCN(C(=O)c1ccc(Cl)cc1Cl)c1nc2cc3c(cc2s1)OCCO3. The van der Waals surface area contributed by atoms with Crippen LogP contribution in [-0.2, 0) is 0 Å². The fraction of sp³-hybridized carbons (Fsp3) is 0.300. The van der Waals surface area contributed by atoms with Gasteiger partial charge >= 0.3 is 0 Å². The number of aromatic nitrogens is 1. The number of hydrogen-bond donors (Lipinski definition) is 0. The molecule has 0 saturated carbocycles. The lowest BCUT2D eigenvalue weighted by Crippen LogP contribution is -2.36. The van der Waals surface area contributed by atoms with Gasteiger partial charge in [0, 0.05) is 30.2 Å². The summed E-state index contributed by atoms with van der Waals surface area (Å²) in [4.78, 5) is 21.7. The molecule has 0 atom stereocenters. The molecule has 1 aliphatic heterocycles. The zero-order valence-corrected chi connectivity index (χ0v) is 18.3. The van der Waals surface area contributed by atoms with Crippen LogP contribution >= 0.6 is 34.5 Å². The van der Waals surface area contributed by atoms with Crippen LogP contribution in [0, 0.1) is 0 Å². The predicted octanol–water partition coefficient (Wildman–Crippen LogP) is 4.58. The Hall–Kier alpha value is -2.06. The van der Waals surface area contributed by atoms with Gasteiger partial charge in [0.15, 0.2) is 16.6 Å². The van der Waals surface area contributed by atoms with Gasteiger partial charge in [-0.05, 0) is 32.3 Å². The van der Waals surface area contributed by atoms with Crippen LogP contribution in [0.2, 0.25) is 10.0 Å². The van der Waals surface area contributed by atoms with Crippen LogP contribution in [0.3, 0.4) is 0 Å². The van der Waals surface area contributed by atoms with Gasteiger partial charge in [-0.15, -0.1) is 0 Å². The van der Waals surface area contributed by atoms with Gasteiger partial charge in [-0.1, -0.05) is 34.5 Å². The molecule has 0 fully saturated rings. The standard InChI is InChI=1S/C20H19Cl2N3O3S/c1-24(2)5-6-25(19(26)13-4-3-12(21)9-14(13)22)20-23-15-10-16-17(11-18(15)29-20)28-8-7-27-16/h3-4,9-11H,5-8H2,1-2H3. The number of anilines is 1. The fourth-order valence-corrected chi connectivity index (χ4v) is 4.45. The molecule has 0 unspecified atom stereocenters. The van der Waals surface area contributed by atoms with E-state index < -0.39 is 0 Å². The minimum absolute atomic E-state index is 0.218. The van der Waals surface area contributed by atoms with Crippen LogP contribution in [0.1, 0.15) is 10.4 Å². The molecule has 29 heavy (non-hydrogen) atoms. The van der Waals surface area contributed by atoms with Crippen molar-refractivity contribution >= 4 is 55.8 Å². The molecular formula is C20H19Cl2N3O3S. The highest BCUT2D eigenvalue weighted by molar-refractivity contribution is 7.22. The highest BCUT2D eigenvalue weighted by atomic mass is 35.5. The quantitative estimate of drug-likeness (QED) is 0.567. The van der Waals surface area contributed by atoms with Crippen molar-refractivity contribution in [3.05, 3.63) is 45.9 Å². The van der Waals surface area contributed by atoms with E-state index in [1.807, 2.05) is 31.1 Å². The number of carbonyl (C=O) groups excluding carboxylic acids is 1. The largest absolute Gasteiger partial charge is 0.486 e. The number of nitrogens with zero attached hydrogens (tertiary/aromatic N) is 3. The van der Waals surface area contributed by atoms with Gasteiger partial charge in [0.05, 0.1) is 20.8 Å². The van der Waals surface area contributed by atoms with Gasteiger partial charge in [0.2, 0.25) is 0 Å². The Morgan fingerprint density at radius 3 is 2.52 bits per heavy atom. The summed E-state index contributed by atoms with van der Waals surface area (Å²) in [5, 5.41) is 1.40. The molecule has 0 spiro atoms. The molecule has 6 nitrogen and oxygen atoms in total. The molecule has 0 radical (unpaired) electrons. The zero-order valence-electron chi connectivity index (χ0n) is 15.9. The zero-order chi connectivity index (χ0) is 20.5. The van der Waals surface area contributed by atoms with Crippen molar-refractivity contribution in [3.63, 3.8) is 0 Å². The van der Waals surface area contributed by atoms with Crippen molar-refractivity contribution in [1.82, 2.24) is 9.88 Å². The van der Waals surface area contributed by atoms with E-state index in [0.717, 1.165) is 10.2 Å². The number of amides is 1. The first-order chi connectivity index (χ1) is 13.9. The Bertz CT molecular complexity index is 1030. The number of ether oxygens (including phenoxy) is 2. The molecule has 152 valence electrons. The Labute approximate surface area is 182 Å². The number of hydrogen-bond acceptors (Lipinski definition) is 6. The maximum Gasteiger partial charge on any atom is 0.261 e. The summed E-state index contributed by atoms with van der Waals surface area (Å²) in [7, 11) is 3.91. The van der Waals surface area contributed by atoms with E-state index >= 15 is 0 Å². The second-order valence-electron chi connectivity index (χ2n) is 6.84. The van der Waals surface area contributed by atoms with E-state index in [1.54, 1.807) is 23.1 Å². The molecular weight excluding hydrogens is 433 g/mol. The van der Waals surface area contributed by atoms with E-state index in [0.29, 0.717) is 58.5 Å². The Morgan fingerprint density at radius 1 is 1.10 bits per heavy atom.